The van der Waals surface area contributed by atoms with Crippen molar-refractivity contribution in [3.8, 4) is 0 Å². The van der Waals surface area contributed by atoms with Gasteiger partial charge in [-0.15, -0.1) is 6.58 Å². The first-order valence-electron chi connectivity index (χ1n) is 5.81. The molecule has 0 amide bonds. The molecule has 1 aliphatic heterocycles. The lowest BCUT2D eigenvalue weighted by atomic mass is 9.76. The largest absolute Gasteiger partial charge is 0.297 e. The molecule has 2 unspecified atom stereocenters. The van der Waals surface area contributed by atoms with Crippen molar-refractivity contribution in [2.45, 2.75) is 46.6 Å². The van der Waals surface area contributed by atoms with Gasteiger partial charge in [0.25, 0.3) is 0 Å². The van der Waals surface area contributed by atoms with Crippen molar-refractivity contribution >= 4 is 0 Å². The van der Waals surface area contributed by atoms with Gasteiger partial charge in [-0.3, -0.25) is 4.90 Å². The summed E-state index contributed by atoms with van der Waals surface area (Å²) >= 11 is 0. The first-order valence-corrected chi connectivity index (χ1v) is 5.81. The number of likely N-dealkylation sites (tertiary alicyclic amines) is 1. The minimum atomic E-state index is 0.458. The first-order chi connectivity index (χ1) is 6.45. The van der Waals surface area contributed by atoms with E-state index < -0.39 is 0 Å². The molecule has 0 radical (unpaired) electrons. The zero-order valence-corrected chi connectivity index (χ0v) is 10.2. The Hall–Kier alpha value is -0.300. The van der Waals surface area contributed by atoms with E-state index in [9.17, 15) is 0 Å². The van der Waals surface area contributed by atoms with Gasteiger partial charge in [-0.05, 0) is 37.6 Å². The van der Waals surface area contributed by atoms with Gasteiger partial charge in [-0.25, -0.2) is 0 Å². The van der Waals surface area contributed by atoms with E-state index in [2.05, 4.69) is 45.2 Å². The lowest BCUT2D eigenvalue weighted by Crippen LogP contribution is -2.44. The Morgan fingerprint density at radius 1 is 1.43 bits per heavy atom. The summed E-state index contributed by atoms with van der Waals surface area (Å²) in [5, 5.41) is 0. The second-order valence-electron chi connectivity index (χ2n) is 5.68. The molecule has 0 aliphatic carbocycles. The van der Waals surface area contributed by atoms with Crippen molar-refractivity contribution in [2.75, 3.05) is 13.1 Å². The molecule has 0 spiro atoms. The third-order valence-electron chi connectivity index (χ3n) is 3.59. The van der Waals surface area contributed by atoms with Crippen LogP contribution in [0.3, 0.4) is 0 Å². The fourth-order valence-electron chi connectivity index (χ4n) is 2.23. The fraction of sp³-hybridized carbons (Fsp3) is 0.846. The number of rotatable bonds is 2. The minimum Gasteiger partial charge on any atom is -0.297 e. The van der Waals surface area contributed by atoms with Crippen LogP contribution in [-0.2, 0) is 0 Å². The Morgan fingerprint density at radius 3 is 2.57 bits per heavy atom. The van der Waals surface area contributed by atoms with E-state index in [1.807, 2.05) is 0 Å². The van der Waals surface area contributed by atoms with Crippen LogP contribution in [0.4, 0.5) is 0 Å². The van der Waals surface area contributed by atoms with Crippen molar-refractivity contribution in [3.63, 3.8) is 0 Å². The number of piperidine rings is 1. The van der Waals surface area contributed by atoms with Gasteiger partial charge >= 0.3 is 0 Å². The molecule has 0 saturated carbocycles. The van der Waals surface area contributed by atoms with Crippen LogP contribution in [0.1, 0.15) is 40.5 Å². The monoisotopic (exact) mass is 195 g/mol. The van der Waals surface area contributed by atoms with Crippen molar-refractivity contribution in [1.82, 2.24) is 4.90 Å². The van der Waals surface area contributed by atoms with Crippen molar-refractivity contribution in [3.05, 3.63) is 12.7 Å². The normalized spacial score (nSPS) is 27.3. The van der Waals surface area contributed by atoms with Crippen molar-refractivity contribution < 1.29 is 0 Å². The Morgan fingerprint density at radius 2 is 2.07 bits per heavy atom. The highest BCUT2D eigenvalue weighted by atomic mass is 15.2. The maximum Gasteiger partial charge on any atom is 0.0247 e. The van der Waals surface area contributed by atoms with Gasteiger partial charge in [0, 0.05) is 12.6 Å². The lowest BCUT2D eigenvalue weighted by molar-refractivity contribution is 0.0861. The summed E-state index contributed by atoms with van der Waals surface area (Å²) in [4.78, 5) is 2.56. The van der Waals surface area contributed by atoms with Crippen LogP contribution in [-0.4, -0.2) is 24.0 Å². The Bertz CT molecular complexity index is 190. The second kappa shape index (κ2) is 4.48. The topological polar surface area (TPSA) is 3.24 Å². The van der Waals surface area contributed by atoms with Gasteiger partial charge in [-0.2, -0.15) is 0 Å². The predicted molar refractivity (Wildman–Crippen MR) is 63.4 cm³/mol. The molecular formula is C13H25N. The highest BCUT2D eigenvalue weighted by molar-refractivity contribution is 4.89. The molecule has 1 nitrogen and oxygen atoms in total. The highest BCUT2D eigenvalue weighted by Gasteiger charge is 2.30. The molecule has 2 atom stereocenters. The predicted octanol–water partition coefficient (Wildman–Crippen LogP) is 3.32. The summed E-state index contributed by atoms with van der Waals surface area (Å²) in [6.07, 6.45) is 4.80. The number of hydrogen-bond acceptors (Lipinski definition) is 1. The molecule has 1 aliphatic rings. The van der Waals surface area contributed by atoms with Crippen LogP contribution in [0.15, 0.2) is 12.7 Å². The van der Waals surface area contributed by atoms with Crippen LogP contribution in [0.25, 0.3) is 0 Å². The molecular weight excluding hydrogens is 170 g/mol. The number of hydrogen-bond donors (Lipinski definition) is 0. The quantitative estimate of drug-likeness (QED) is 0.611. The van der Waals surface area contributed by atoms with E-state index in [1.165, 1.54) is 25.9 Å². The Balaban J connectivity index is 2.56. The molecule has 0 aromatic rings. The van der Waals surface area contributed by atoms with Gasteiger partial charge in [0.2, 0.25) is 0 Å². The third kappa shape index (κ3) is 2.84. The summed E-state index contributed by atoms with van der Waals surface area (Å²) in [5.41, 5.74) is 0.458. The third-order valence-corrected chi connectivity index (χ3v) is 3.59. The highest BCUT2D eigenvalue weighted by Crippen LogP contribution is 2.33. The van der Waals surface area contributed by atoms with Gasteiger partial charge in [0.15, 0.2) is 0 Å². The van der Waals surface area contributed by atoms with Crippen LogP contribution >= 0.6 is 0 Å². The van der Waals surface area contributed by atoms with Crippen LogP contribution in [0.2, 0.25) is 0 Å². The summed E-state index contributed by atoms with van der Waals surface area (Å²) in [7, 11) is 0. The first kappa shape index (κ1) is 11.8. The molecule has 0 aromatic carbocycles. The molecule has 1 heterocycles. The molecule has 14 heavy (non-hydrogen) atoms. The molecule has 1 fully saturated rings. The maximum absolute atomic E-state index is 3.88. The molecule has 1 saturated heterocycles. The molecule has 0 bridgehead atoms. The average Bonchev–Trinajstić information content (AvgIpc) is 2.15. The molecule has 1 rings (SSSR count). The molecule has 1 heteroatoms. The van der Waals surface area contributed by atoms with E-state index in [1.54, 1.807) is 0 Å². The van der Waals surface area contributed by atoms with Gasteiger partial charge in [0.05, 0.1) is 0 Å². The van der Waals surface area contributed by atoms with E-state index in [0.29, 0.717) is 11.5 Å². The smallest absolute Gasteiger partial charge is 0.0247 e. The zero-order valence-electron chi connectivity index (χ0n) is 10.2. The van der Waals surface area contributed by atoms with Crippen molar-refractivity contribution in [2.24, 2.45) is 11.3 Å². The maximum atomic E-state index is 3.88. The molecule has 0 aromatic heterocycles. The van der Waals surface area contributed by atoms with E-state index in [-0.39, 0.29) is 0 Å². The molecule has 0 N–H and O–H groups in total. The molecule has 82 valence electrons. The summed E-state index contributed by atoms with van der Waals surface area (Å²) in [6, 6.07) is 0.542. The summed E-state index contributed by atoms with van der Waals surface area (Å²) in [5.74, 6) is 0.846. The Labute approximate surface area is 89.2 Å². The zero-order chi connectivity index (χ0) is 10.8. The van der Waals surface area contributed by atoms with Crippen LogP contribution in [0.5, 0.6) is 0 Å². The SMILES string of the molecule is C=CC(C)N1CCCC(C(C)(C)C)C1. The summed E-state index contributed by atoms with van der Waals surface area (Å²) < 4.78 is 0. The van der Waals surface area contributed by atoms with Gasteiger partial charge in [0.1, 0.15) is 0 Å². The van der Waals surface area contributed by atoms with Crippen molar-refractivity contribution in [1.29, 1.82) is 0 Å². The van der Waals surface area contributed by atoms with Gasteiger partial charge < -0.3 is 0 Å². The Kier molecular flexibility index (Phi) is 3.77. The number of nitrogens with zero attached hydrogens (tertiary/aromatic N) is 1. The lowest BCUT2D eigenvalue weighted by Gasteiger charge is -2.41. The van der Waals surface area contributed by atoms with Gasteiger partial charge in [-0.1, -0.05) is 26.8 Å². The fourth-order valence-corrected chi connectivity index (χ4v) is 2.23. The minimum absolute atomic E-state index is 0.458. The second-order valence-corrected chi connectivity index (χ2v) is 5.68. The average molecular weight is 195 g/mol. The standard InChI is InChI=1S/C13H25N/c1-6-11(2)14-9-7-8-12(10-14)13(3,4)5/h6,11-12H,1,7-10H2,2-5H3. The van der Waals surface area contributed by atoms with Crippen LogP contribution < -0.4 is 0 Å². The van der Waals surface area contributed by atoms with E-state index in [4.69, 9.17) is 0 Å². The summed E-state index contributed by atoms with van der Waals surface area (Å²) in [6.45, 7) is 15.7. The van der Waals surface area contributed by atoms with E-state index >= 15 is 0 Å². The van der Waals surface area contributed by atoms with E-state index in [0.717, 1.165) is 5.92 Å². The van der Waals surface area contributed by atoms with Crippen LogP contribution in [0, 0.1) is 11.3 Å².